The molecule has 0 bridgehead atoms. The van der Waals surface area contributed by atoms with Crippen molar-refractivity contribution >= 4 is 5.97 Å². The Kier molecular flexibility index (Phi) is 7.62. The molecular weight excluding hydrogens is 313 g/mol. The maximum atomic E-state index is 13.6. The summed E-state index contributed by atoms with van der Waals surface area (Å²) in [6, 6.07) is 6.64. The zero-order valence-corrected chi connectivity index (χ0v) is 14.1. The fourth-order valence-electron chi connectivity index (χ4n) is 2.86. The third-order valence-corrected chi connectivity index (χ3v) is 4.14. The van der Waals surface area contributed by atoms with Gasteiger partial charge in [-0.15, -0.1) is 0 Å². The van der Waals surface area contributed by atoms with Crippen molar-refractivity contribution in [2.24, 2.45) is 0 Å². The second kappa shape index (κ2) is 9.71. The summed E-state index contributed by atoms with van der Waals surface area (Å²) < 4.78 is 24.2. The van der Waals surface area contributed by atoms with Crippen LogP contribution in [-0.4, -0.2) is 54.4 Å². The zero-order valence-electron chi connectivity index (χ0n) is 14.1. The molecule has 1 aliphatic rings. The van der Waals surface area contributed by atoms with Crippen LogP contribution in [-0.2, 0) is 20.9 Å². The van der Waals surface area contributed by atoms with Crippen LogP contribution in [0.2, 0.25) is 0 Å². The number of carbonyl (C=O) groups excluding carboxylic acids is 1. The average molecular weight is 339 g/mol. The van der Waals surface area contributed by atoms with E-state index < -0.39 is 6.10 Å². The maximum Gasteiger partial charge on any atom is 0.308 e. The second-order valence-electron chi connectivity index (χ2n) is 6.07. The molecule has 5 nitrogen and oxygen atoms in total. The number of aliphatic hydroxyl groups excluding tert-OH is 1. The lowest BCUT2D eigenvalue weighted by molar-refractivity contribution is -0.145. The van der Waals surface area contributed by atoms with Gasteiger partial charge in [0.25, 0.3) is 0 Å². The molecule has 1 aliphatic heterocycles. The number of hydrogen-bond acceptors (Lipinski definition) is 5. The molecule has 1 aromatic rings. The molecule has 1 unspecified atom stereocenters. The number of β-amino-alcohol motifs (C(OH)–C–C–N with tert-alkyl or cyclic N) is 1. The van der Waals surface area contributed by atoms with E-state index in [4.69, 9.17) is 9.47 Å². The van der Waals surface area contributed by atoms with E-state index >= 15 is 0 Å². The van der Waals surface area contributed by atoms with Gasteiger partial charge in [0, 0.05) is 25.2 Å². The lowest BCUT2D eigenvalue weighted by atomic mass is 10.1. The van der Waals surface area contributed by atoms with Crippen molar-refractivity contribution in [3.8, 4) is 0 Å². The van der Waals surface area contributed by atoms with Crippen LogP contribution >= 0.6 is 0 Å². The first-order valence-electron chi connectivity index (χ1n) is 8.49. The Bertz CT molecular complexity index is 517. The number of esters is 1. The van der Waals surface area contributed by atoms with E-state index in [-0.39, 0.29) is 30.9 Å². The van der Waals surface area contributed by atoms with Crippen LogP contribution in [0, 0.1) is 5.82 Å². The van der Waals surface area contributed by atoms with Crippen LogP contribution in [0.15, 0.2) is 24.3 Å². The summed E-state index contributed by atoms with van der Waals surface area (Å²) in [5.74, 6) is -0.606. The predicted octanol–water partition coefficient (Wildman–Crippen LogP) is 2.12. The van der Waals surface area contributed by atoms with Crippen LogP contribution in [0.5, 0.6) is 0 Å². The molecule has 1 atom stereocenters. The lowest BCUT2D eigenvalue weighted by Crippen LogP contribution is -2.41. The fourth-order valence-corrected chi connectivity index (χ4v) is 2.86. The van der Waals surface area contributed by atoms with E-state index in [9.17, 15) is 14.3 Å². The molecule has 0 radical (unpaired) electrons. The van der Waals surface area contributed by atoms with Crippen molar-refractivity contribution in [2.45, 2.75) is 45.0 Å². The third-order valence-electron chi connectivity index (χ3n) is 4.14. The molecule has 0 amide bonds. The Hall–Kier alpha value is -1.50. The minimum absolute atomic E-state index is 0.0253. The van der Waals surface area contributed by atoms with Crippen LogP contribution in [0.3, 0.4) is 0 Å². The predicted molar refractivity (Wildman–Crippen MR) is 87.9 cm³/mol. The fraction of sp³-hybridized carbons (Fsp3) is 0.611. The van der Waals surface area contributed by atoms with Gasteiger partial charge in [0.05, 0.1) is 31.8 Å². The van der Waals surface area contributed by atoms with E-state index in [2.05, 4.69) is 4.90 Å². The largest absolute Gasteiger partial charge is 0.466 e. The first-order valence-corrected chi connectivity index (χ1v) is 8.49. The van der Waals surface area contributed by atoms with Gasteiger partial charge in [-0.3, -0.25) is 4.79 Å². The normalized spacial score (nSPS) is 17.6. The minimum atomic E-state index is -0.708. The summed E-state index contributed by atoms with van der Waals surface area (Å²) in [5, 5.41) is 9.93. The van der Waals surface area contributed by atoms with E-state index in [0.717, 1.165) is 25.9 Å². The topological polar surface area (TPSA) is 59.0 Å². The van der Waals surface area contributed by atoms with E-state index in [1.54, 1.807) is 25.1 Å². The summed E-state index contributed by atoms with van der Waals surface area (Å²) in [6.45, 7) is 4.40. The Morgan fingerprint density at radius 2 is 2.08 bits per heavy atom. The first kappa shape index (κ1) is 18.8. The highest BCUT2D eigenvalue weighted by atomic mass is 19.1. The molecule has 1 N–H and O–H groups in total. The van der Waals surface area contributed by atoms with E-state index in [1.807, 2.05) is 0 Å². The quantitative estimate of drug-likeness (QED) is 0.735. The van der Waals surface area contributed by atoms with Crippen LogP contribution < -0.4 is 0 Å². The van der Waals surface area contributed by atoms with Gasteiger partial charge < -0.3 is 19.5 Å². The molecule has 0 aliphatic carbocycles. The monoisotopic (exact) mass is 339 g/mol. The number of benzene rings is 1. The standard InChI is InChI=1S/C18H26FNO4/c1-2-23-18(22)11-15(21)12-20-9-7-16(8-10-20)24-13-14-5-3-4-6-17(14)19/h3-6,15-16,21H,2,7-13H2,1H3. The second-order valence-corrected chi connectivity index (χ2v) is 6.07. The van der Waals surface area contributed by atoms with E-state index in [1.165, 1.54) is 6.07 Å². The molecule has 134 valence electrons. The zero-order chi connectivity index (χ0) is 17.4. The molecule has 24 heavy (non-hydrogen) atoms. The van der Waals surface area contributed by atoms with Crippen molar-refractivity contribution in [2.75, 3.05) is 26.2 Å². The summed E-state index contributed by atoms with van der Waals surface area (Å²) in [5.41, 5.74) is 0.574. The van der Waals surface area contributed by atoms with Crippen molar-refractivity contribution in [3.05, 3.63) is 35.6 Å². The SMILES string of the molecule is CCOC(=O)CC(O)CN1CCC(OCc2ccccc2F)CC1. The highest BCUT2D eigenvalue weighted by molar-refractivity contribution is 5.69. The number of piperidine rings is 1. The average Bonchev–Trinajstić information content (AvgIpc) is 2.55. The number of nitrogens with zero attached hydrogens (tertiary/aromatic N) is 1. The summed E-state index contributed by atoms with van der Waals surface area (Å²) in [6.07, 6.45) is 1.08. The molecule has 1 heterocycles. The van der Waals surface area contributed by atoms with Crippen molar-refractivity contribution < 1.29 is 23.8 Å². The summed E-state index contributed by atoms with van der Waals surface area (Å²) >= 11 is 0. The Morgan fingerprint density at radius 1 is 1.38 bits per heavy atom. The van der Waals surface area contributed by atoms with Gasteiger partial charge in [-0.05, 0) is 25.8 Å². The molecule has 1 aromatic carbocycles. The number of halogens is 1. The molecule has 1 saturated heterocycles. The highest BCUT2D eigenvalue weighted by Gasteiger charge is 2.23. The number of rotatable bonds is 8. The summed E-state index contributed by atoms with van der Waals surface area (Å²) in [7, 11) is 0. The van der Waals surface area contributed by atoms with Crippen LogP contribution in [0.1, 0.15) is 31.7 Å². The Labute approximate surface area is 142 Å². The molecule has 0 spiro atoms. The third kappa shape index (κ3) is 6.19. The van der Waals surface area contributed by atoms with Crippen LogP contribution in [0.4, 0.5) is 4.39 Å². The highest BCUT2D eigenvalue weighted by Crippen LogP contribution is 2.17. The van der Waals surface area contributed by atoms with Gasteiger partial charge >= 0.3 is 5.97 Å². The van der Waals surface area contributed by atoms with Gasteiger partial charge in [-0.1, -0.05) is 18.2 Å². The number of aliphatic hydroxyl groups is 1. The molecular formula is C18H26FNO4. The summed E-state index contributed by atoms with van der Waals surface area (Å²) in [4.78, 5) is 13.5. The van der Waals surface area contributed by atoms with Gasteiger partial charge in [0.2, 0.25) is 0 Å². The van der Waals surface area contributed by atoms with Gasteiger partial charge in [0.1, 0.15) is 5.82 Å². The maximum absolute atomic E-state index is 13.6. The molecule has 2 rings (SSSR count). The minimum Gasteiger partial charge on any atom is -0.466 e. The molecule has 1 fully saturated rings. The Morgan fingerprint density at radius 3 is 2.75 bits per heavy atom. The van der Waals surface area contributed by atoms with Crippen LogP contribution in [0.25, 0.3) is 0 Å². The molecule has 6 heteroatoms. The Balaban J connectivity index is 1.66. The smallest absolute Gasteiger partial charge is 0.308 e. The number of likely N-dealkylation sites (tertiary alicyclic amines) is 1. The lowest BCUT2D eigenvalue weighted by Gasteiger charge is -2.33. The number of carbonyl (C=O) groups is 1. The number of ether oxygens (including phenoxy) is 2. The van der Waals surface area contributed by atoms with Crippen molar-refractivity contribution in [3.63, 3.8) is 0 Å². The first-order chi connectivity index (χ1) is 11.6. The number of hydrogen-bond donors (Lipinski definition) is 1. The van der Waals surface area contributed by atoms with Crippen molar-refractivity contribution in [1.82, 2.24) is 4.90 Å². The van der Waals surface area contributed by atoms with Gasteiger partial charge in [-0.2, -0.15) is 0 Å². The van der Waals surface area contributed by atoms with Crippen molar-refractivity contribution in [1.29, 1.82) is 0 Å². The molecule has 0 aromatic heterocycles. The van der Waals surface area contributed by atoms with E-state index in [0.29, 0.717) is 18.7 Å². The molecule has 0 saturated carbocycles. The van der Waals surface area contributed by atoms with Gasteiger partial charge in [-0.25, -0.2) is 4.39 Å². The van der Waals surface area contributed by atoms with Gasteiger partial charge in [0.15, 0.2) is 0 Å².